The molecule has 0 unspecified atom stereocenters. The van der Waals surface area contributed by atoms with Crippen molar-refractivity contribution in [2.24, 2.45) is 5.92 Å². The smallest absolute Gasteiger partial charge is 0.239 e. The van der Waals surface area contributed by atoms with Gasteiger partial charge in [0.2, 0.25) is 5.91 Å². The summed E-state index contributed by atoms with van der Waals surface area (Å²) < 4.78 is 0. The molecule has 0 atom stereocenters. The van der Waals surface area contributed by atoms with Gasteiger partial charge < -0.3 is 10.6 Å². The topological polar surface area (TPSA) is 41.1 Å². The van der Waals surface area contributed by atoms with Crippen molar-refractivity contribution in [2.45, 2.75) is 39.0 Å². The van der Waals surface area contributed by atoms with E-state index < -0.39 is 0 Å². The molecule has 20 heavy (non-hydrogen) atoms. The summed E-state index contributed by atoms with van der Waals surface area (Å²) in [4.78, 5) is 11.8. The van der Waals surface area contributed by atoms with Crippen LogP contribution in [-0.2, 0) is 4.79 Å². The monoisotopic (exact) mass is 294 g/mol. The summed E-state index contributed by atoms with van der Waals surface area (Å²) in [7, 11) is 0. The van der Waals surface area contributed by atoms with Crippen LogP contribution < -0.4 is 10.6 Å². The molecule has 0 radical (unpaired) electrons. The summed E-state index contributed by atoms with van der Waals surface area (Å²) in [6.45, 7) is 3.11. The van der Waals surface area contributed by atoms with Crippen LogP contribution >= 0.6 is 11.6 Å². The van der Waals surface area contributed by atoms with E-state index in [1.807, 2.05) is 25.1 Å². The first-order valence-electron chi connectivity index (χ1n) is 7.42. The molecule has 0 saturated heterocycles. The Morgan fingerprint density at radius 1 is 1.30 bits per heavy atom. The first-order valence-corrected chi connectivity index (χ1v) is 7.79. The fourth-order valence-electron chi connectivity index (χ4n) is 2.71. The number of rotatable bonds is 5. The van der Waals surface area contributed by atoms with Gasteiger partial charge in [-0.05, 0) is 49.4 Å². The summed E-state index contributed by atoms with van der Waals surface area (Å²) >= 11 is 5.91. The van der Waals surface area contributed by atoms with Crippen molar-refractivity contribution in [3.63, 3.8) is 0 Å². The Kier molecular flexibility index (Phi) is 5.72. The van der Waals surface area contributed by atoms with Gasteiger partial charge in [0.25, 0.3) is 0 Å². The van der Waals surface area contributed by atoms with Gasteiger partial charge in [0.15, 0.2) is 0 Å². The maximum Gasteiger partial charge on any atom is 0.239 e. The van der Waals surface area contributed by atoms with Crippen molar-refractivity contribution in [2.75, 3.05) is 18.4 Å². The van der Waals surface area contributed by atoms with E-state index in [2.05, 4.69) is 10.6 Å². The number of amides is 1. The number of carbonyl (C=O) groups is 1. The van der Waals surface area contributed by atoms with Crippen LogP contribution in [0.15, 0.2) is 18.2 Å². The highest BCUT2D eigenvalue weighted by atomic mass is 35.5. The summed E-state index contributed by atoms with van der Waals surface area (Å²) in [5.41, 5.74) is 2.01. The van der Waals surface area contributed by atoms with E-state index in [1.165, 1.54) is 32.1 Å². The maximum atomic E-state index is 11.8. The third-order valence-corrected chi connectivity index (χ3v) is 4.18. The van der Waals surface area contributed by atoms with Crippen LogP contribution in [0.4, 0.5) is 5.69 Å². The molecule has 0 bridgehead atoms. The van der Waals surface area contributed by atoms with Gasteiger partial charge in [-0.3, -0.25) is 4.79 Å². The molecule has 0 heterocycles. The van der Waals surface area contributed by atoms with Gasteiger partial charge >= 0.3 is 0 Å². The van der Waals surface area contributed by atoms with E-state index in [9.17, 15) is 4.79 Å². The van der Waals surface area contributed by atoms with Gasteiger partial charge in [-0.25, -0.2) is 0 Å². The third kappa shape index (κ3) is 4.71. The van der Waals surface area contributed by atoms with Crippen molar-refractivity contribution in [1.82, 2.24) is 5.32 Å². The van der Waals surface area contributed by atoms with Crippen LogP contribution in [0.1, 0.15) is 37.7 Å². The Labute approximate surface area is 126 Å². The predicted octanol–water partition coefficient (Wildman–Crippen LogP) is 3.76. The number of benzene rings is 1. The standard InChI is InChI=1S/C16H23ClN2O/c1-12-9-14(17)7-8-15(12)18-11-16(20)19-10-13-5-3-2-4-6-13/h7-9,13,18H,2-6,10-11H2,1H3,(H,19,20). The first kappa shape index (κ1) is 15.2. The highest BCUT2D eigenvalue weighted by Crippen LogP contribution is 2.22. The number of halogens is 1. The van der Waals surface area contributed by atoms with Gasteiger partial charge in [0.1, 0.15) is 0 Å². The SMILES string of the molecule is Cc1cc(Cl)ccc1NCC(=O)NCC1CCCCC1. The van der Waals surface area contributed by atoms with Crippen LogP contribution in [0.3, 0.4) is 0 Å². The molecular formula is C16H23ClN2O. The molecule has 1 aromatic carbocycles. The highest BCUT2D eigenvalue weighted by molar-refractivity contribution is 6.30. The Bertz CT molecular complexity index is 456. The fourth-order valence-corrected chi connectivity index (χ4v) is 2.94. The molecule has 0 aromatic heterocycles. The Morgan fingerprint density at radius 2 is 2.05 bits per heavy atom. The zero-order chi connectivity index (χ0) is 14.4. The Balaban J connectivity index is 1.71. The summed E-state index contributed by atoms with van der Waals surface area (Å²) in [6, 6.07) is 5.63. The maximum absolute atomic E-state index is 11.8. The van der Waals surface area contributed by atoms with Gasteiger partial charge in [0.05, 0.1) is 6.54 Å². The average Bonchev–Trinajstić information content (AvgIpc) is 2.45. The van der Waals surface area contributed by atoms with Crippen LogP contribution in [-0.4, -0.2) is 19.0 Å². The van der Waals surface area contributed by atoms with Crippen LogP contribution in [0.5, 0.6) is 0 Å². The summed E-state index contributed by atoms with van der Waals surface area (Å²) in [5.74, 6) is 0.731. The van der Waals surface area contributed by atoms with Crippen molar-refractivity contribution in [3.8, 4) is 0 Å². The molecule has 2 N–H and O–H groups in total. The number of carbonyl (C=O) groups excluding carboxylic acids is 1. The third-order valence-electron chi connectivity index (χ3n) is 3.94. The lowest BCUT2D eigenvalue weighted by Crippen LogP contribution is -2.34. The van der Waals surface area contributed by atoms with E-state index in [1.54, 1.807) is 0 Å². The molecule has 3 nitrogen and oxygen atoms in total. The summed E-state index contributed by atoms with van der Waals surface area (Å²) in [6.07, 6.45) is 6.47. The number of hydrogen-bond donors (Lipinski definition) is 2. The molecule has 1 aromatic rings. The minimum atomic E-state index is 0.0601. The lowest BCUT2D eigenvalue weighted by molar-refractivity contribution is -0.119. The van der Waals surface area contributed by atoms with E-state index in [0.717, 1.165) is 22.8 Å². The molecule has 2 rings (SSSR count). The Hall–Kier alpha value is -1.22. The van der Waals surface area contributed by atoms with E-state index in [-0.39, 0.29) is 5.91 Å². The largest absolute Gasteiger partial charge is 0.376 e. The van der Waals surface area contributed by atoms with Crippen molar-refractivity contribution < 1.29 is 4.79 Å². The Morgan fingerprint density at radius 3 is 2.75 bits per heavy atom. The van der Waals surface area contributed by atoms with Gasteiger partial charge in [0, 0.05) is 17.3 Å². The van der Waals surface area contributed by atoms with Crippen LogP contribution in [0.25, 0.3) is 0 Å². The second-order valence-corrected chi connectivity index (χ2v) is 6.06. The molecule has 1 fully saturated rings. The second kappa shape index (κ2) is 7.53. The van der Waals surface area contributed by atoms with Crippen molar-refractivity contribution >= 4 is 23.2 Å². The lowest BCUT2D eigenvalue weighted by atomic mass is 9.89. The van der Waals surface area contributed by atoms with E-state index in [0.29, 0.717) is 12.5 Å². The summed E-state index contributed by atoms with van der Waals surface area (Å²) in [5, 5.41) is 6.90. The minimum absolute atomic E-state index is 0.0601. The van der Waals surface area contributed by atoms with Gasteiger partial charge in [-0.1, -0.05) is 30.9 Å². The molecule has 1 amide bonds. The lowest BCUT2D eigenvalue weighted by Gasteiger charge is -2.21. The number of aryl methyl sites for hydroxylation is 1. The molecule has 1 aliphatic carbocycles. The van der Waals surface area contributed by atoms with E-state index >= 15 is 0 Å². The quantitative estimate of drug-likeness (QED) is 0.868. The average molecular weight is 295 g/mol. The molecule has 0 spiro atoms. The second-order valence-electron chi connectivity index (χ2n) is 5.62. The first-order chi connectivity index (χ1) is 9.65. The highest BCUT2D eigenvalue weighted by Gasteiger charge is 2.14. The van der Waals surface area contributed by atoms with Gasteiger partial charge in [-0.15, -0.1) is 0 Å². The van der Waals surface area contributed by atoms with Crippen molar-refractivity contribution in [3.05, 3.63) is 28.8 Å². The number of nitrogens with one attached hydrogen (secondary N) is 2. The van der Waals surface area contributed by atoms with E-state index in [4.69, 9.17) is 11.6 Å². The van der Waals surface area contributed by atoms with Crippen molar-refractivity contribution in [1.29, 1.82) is 0 Å². The normalized spacial score (nSPS) is 15.9. The minimum Gasteiger partial charge on any atom is -0.376 e. The van der Waals surface area contributed by atoms with Gasteiger partial charge in [-0.2, -0.15) is 0 Å². The van der Waals surface area contributed by atoms with Crippen LogP contribution in [0.2, 0.25) is 5.02 Å². The molecule has 4 heteroatoms. The zero-order valence-electron chi connectivity index (χ0n) is 12.0. The molecule has 1 saturated carbocycles. The fraction of sp³-hybridized carbons (Fsp3) is 0.562. The van der Waals surface area contributed by atoms with Crippen LogP contribution in [0, 0.1) is 12.8 Å². The number of anilines is 1. The predicted molar refractivity (Wildman–Crippen MR) is 84.3 cm³/mol. The zero-order valence-corrected chi connectivity index (χ0v) is 12.8. The molecule has 110 valence electrons. The molecule has 0 aliphatic heterocycles. The number of hydrogen-bond acceptors (Lipinski definition) is 2. The molecule has 1 aliphatic rings. The molecular weight excluding hydrogens is 272 g/mol.